The molecule has 0 bridgehead atoms. The van der Waals surface area contributed by atoms with Gasteiger partial charge in [0.1, 0.15) is 0 Å². The van der Waals surface area contributed by atoms with Gasteiger partial charge in [-0.3, -0.25) is 0 Å². The van der Waals surface area contributed by atoms with Crippen LogP contribution in [-0.4, -0.2) is 12.6 Å². The molecule has 0 heterocycles. The molecule has 0 radical (unpaired) electrons. The van der Waals surface area contributed by atoms with E-state index in [4.69, 9.17) is 0 Å². The first kappa shape index (κ1) is 11.7. The Bertz CT molecular complexity index is 345. The lowest BCUT2D eigenvalue weighted by atomic mass is 9.77. The molecule has 1 nitrogen and oxygen atoms in total. The van der Waals surface area contributed by atoms with Gasteiger partial charge in [-0.05, 0) is 30.4 Å². The minimum atomic E-state index is 0.637. The molecule has 1 aliphatic carbocycles. The van der Waals surface area contributed by atoms with Gasteiger partial charge in [0, 0.05) is 18.5 Å². The second-order valence-electron chi connectivity index (χ2n) is 5.18. The molecule has 2 rings (SSSR count). The van der Waals surface area contributed by atoms with Crippen LogP contribution in [0.25, 0.3) is 0 Å². The largest absolute Gasteiger partial charge is 0.313 e. The van der Waals surface area contributed by atoms with Gasteiger partial charge in [-0.1, -0.05) is 44.5 Å². The molecule has 0 saturated carbocycles. The Morgan fingerprint density at radius 2 is 2.06 bits per heavy atom. The van der Waals surface area contributed by atoms with E-state index in [1.807, 2.05) is 0 Å². The third kappa shape index (κ3) is 2.30. The van der Waals surface area contributed by atoms with Gasteiger partial charge in [0.15, 0.2) is 0 Å². The van der Waals surface area contributed by atoms with Crippen LogP contribution in [0.15, 0.2) is 24.3 Å². The van der Waals surface area contributed by atoms with Crippen molar-refractivity contribution in [1.29, 1.82) is 0 Å². The van der Waals surface area contributed by atoms with E-state index < -0.39 is 0 Å². The maximum Gasteiger partial charge on any atom is 0.00645 e. The average molecular weight is 217 g/mol. The number of fused-ring (bicyclic) bond motifs is 1. The van der Waals surface area contributed by atoms with E-state index in [-0.39, 0.29) is 0 Å². The van der Waals surface area contributed by atoms with Crippen LogP contribution in [-0.2, 0) is 6.42 Å². The molecule has 1 heteroatoms. The fraction of sp³-hybridized carbons (Fsp3) is 0.600. The van der Waals surface area contributed by atoms with Crippen LogP contribution in [0.1, 0.15) is 44.2 Å². The highest BCUT2D eigenvalue weighted by Gasteiger charge is 2.25. The zero-order valence-corrected chi connectivity index (χ0v) is 10.7. The Morgan fingerprint density at radius 1 is 1.31 bits per heavy atom. The summed E-state index contributed by atoms with van der Waals surface area (Å²) < 4.78 is 0. The molecular weight excluding hydrogens is 194 g/mol. The van der Waals surface area contributed by atoms with Crippen molar-refractivity contribution in [3.05, 3.63) is 35.4 Å². The van der Waals surface area contributed by atoms with E-state index in [0.29, 0.717) is 6.04 Å². The first-order chi connectivity index (χ1) is 7.72. The van der Waals surface area contributed by atoms with Crippen molar-refractivity contribution in [3.63, 3.8) is 0 Å². The zero-order valence-electron chi connectivity index (χ0n) is 10.7. The van der Waals surface area contributed by atoms with Gasteiger partial charge < -0.3 is 5.32 Å². The van der Waals surface area contributed by atoms with Crippen molar-refractivity contribution >= 4 is 0 Å². The smallest absolute Gasteiger partial charge is 0.00645 e. The van der Waals surface area contributed by atoms with Crippen molar-refractivity contribution in [2.24, 2.45) is 5.92 Å². The summed E-state index contributed by atoms with van der Waals surface area (Å²) in [6, 6.07) is 9.47. The third-order valence-corrected chi connectivity index (χ3v) is 4.14. The van der Waals surface area contributed by atoms with Gasteiger partial charge in [0.25, 0.3) is 0 Å². The number of benzene rings is 1. The second kappa shape index (κ2) is 5.01. The van der Waals surface area contributed by atoms with E-state index in [2.05, 4.69) is 50.4 Å². The monoisotopic (exact) mass is 217 g/mol. The predicted octanol–water partition coefficient (Wildman–Crippen LogP) is 3.35. The summed E-state index contributed by atoms with van der Waals surface area (Å²) in [5, 5.41) is 3.68. The van der Waals surface area contributed by atoms with Crippen LogP contribution < -0.4 is 5.32 Å². The molecule has 0 spiro atoms. The van der Waals surface area contributed by atoms with Crippen LogP contribution in [0.3, 0.4) is 0 Å². The molecule has 3 atom stereocenters. The topological polar surface area (TPSA) is 12.0 Å². The Kier molecular flexibility index (Phi) is 3.65. The van der Waals surface area contributed by atoms with E-state index in [0.717, 1.165) is 18.4 Å². The third-order valence-electron chi connectivity index (χ3n) is 4.14. The molecule has 88 valence electrons. The molecule has 0 amide bonds. The molecule has 0 fully saturated rings. The number of rotatable bonds is 5. The maximum absolute atomic E-state index is 3.68. The number of nitrogens with one attached hydrogen (secondary N) is 1. The van der Waals surface area contributed by atoms with E-state index in [1.54, 1.807) is 11.1 Å². The second-order valence-corrected chi connectivity index (χ2v) is 5.18. The van der Waals surface area contributed by atoms with Gasteiger partial charge in [-0.25, -0.2) is 0 Å². The fourth-order valence-corrected chi connectivity index (χ4v) is 2.43. The predicted molar refractivity (Wildman–Crippen MR) is 69.8 cm³/mol. The average Bonchev–Trinajstić information content (AvgIpc) is 2.29. The SMILES string of the molecule is CCC(C)C(C)NCC1Cc2ccccc21. The highest BCUT2D eigenvalue weighted by atomic mass is 14.9. The van der Waals surface area contributed by atoms with Gasteiger partial charge in [-0.15, -0.1) is 0 Å². The van der Waals surface area contributed by atoms with Crippen LogP contribution in [0, 0.1) is 5.92 Å². The lowest BCUT2D eigenvalue weighted by molar-refractivity contribution is 0.372. The van der Waals surface area contributed by atoms with Crippen molar-refractivity contribution in [3.8, 4) is 0 Å². The minimum Gasteiger partial charge on any atom is -0.313 e. The summed E-state index contributed by atoms with van der Waals surface area (Å²) in [4.78, 5) is 0. The summed E-state index contributed by atoms with van der Waals surface area (Å²) in [5.74, 6) is 1.53. The molecule has 1 aliphatic rings. The van der Waals surface area contributed by atoms with Crippen molar-refractivity contribution in [1.82, 2.24) is 5.32 Å². The van der Waals surface area contributed by atoms with Crippen LogP contribution in [0.2, 0.25) is 0 Å². The summed E-state index contributed by atoms with van der Waals surface area (Å²) in [7, 11) is 0. The summed E-state index contributed by atoms with van der Waals surface area (Å²) in [6.07, 6.45) is 2.52. The molecule has 0 aliphatic heterocycles. The molecule has 0 saturated heterocycles. The van der Waals surface area contributed by atoms with Gasteiger partial charge >= 0.3 is 0 Å². The van der Waals surface area contributed by atoms with Crippen molar-refractivity contribution in [2.75, 3.05) is 6.54 Å². The lowest BCUT2D eigenvalue weighted by Gasteiger charge is -2.32. The van der Waals surface area contributed by atoms with E-state index in [1.165, 1.54) is 12.8 Å². The Morgan fingerprint density at radius 3 is 2.75 bits per heavy atom. The summed E-state index contributed by atoms with van der Waals surface area (Å²) in [5.41, 5.74) is 3.11. The molecule has 16 heavy (non-hydrogen) atoms. The van der Waals surface area contributed by atoms with E-state index >= 15 is 0 Å². The van der Waals surface area contributed by atoms with E-state index in [9.17, 15) is 0 Å². The molecule has 1 aromatic carbocycles. The first-order valence-electron chi connectivity index (χ1n) is 6.53. The molecule has 3 unspecified atom stereocenters. The molecule has 1 aromatic rings. The standard InChI is InChI=1S/C15H23N/c1-4-11(2)12(3)16-10-14-9-13-7-5-6-8-15(13)14/h5-8,11-12,14,16H,4,9-10H2,1-3H3. The Labute approximate surface area is 99.3 Å². The molecule has 1 N–H and O–H groups in total. The van der Waals surface area contributed by atoms with Gasteiger partial charge in [-0.2, -0.15) is 0 Å². The normalized spacial score (nSPS) is 22.1. The Balaban J connectivity index is 1.82. The number of hydrogen-bond donors (Lipinski definition) is 1. The minimum absolute atomic E-state index is 0.637. The maximum atomic E-state index is 3.68. The zero-order chi connectivity index (χ0) is 11.5. The molecular formula is C15H23N. The fourth-order valence-electron chi connectivity index (χ4n) is 2.43. The quantitative estimate of drug-likeness (QED) is 0.797. The number of hydrogen-bond acceptors (Lipinski definition) is 1. The first-order valence-corrected chi connectivity index (χ1v) is 6.53. The lowest BCUT2D eigenvalue weighted by Crippen LogP contribution is -2.37. The highest BCUT2D eigenvalue weighted by Crippen LogP contribution is 2.34. The van der Waals surface area contributed by atoms with Crippen LogP contribution in [0.5, 0.6) is 0 Å². The summed E-state index contributed by atoms with van der Waals surface area (Å²) >= 11 is 0. The van der Waals surface area contributed by atoms with Crippen molar-refractivity contribution in [2.45, 2.75) is 45.6 Å². The molecule has 0 aromatic heterocycles. The van der Waals surface area contributed by atoms with Gasteiger partial charge in [0.05, 0.1) is 0 Å². The summed E-state index contributed by atoms with van der Waals surface area (Å²) in [6.45, 7) is 8.04. The Hall–Kier alpha value is -0.820. The van der Waals surface area contributed by atoms with Crippen LogP contribution in [0.4, 0.5) is 0 Å². The van der Waals surface area contributed by atoms with Crippen molar-refractivity contribution < 1.29 is 0 Å². The van der Waals surface area contributed by atoms with Crippen LogP contribution >= 0.6 is 0 Å². The highest BCUT2D eigenvalue weighted by molar-refractivity contribution is 5.40. The van der Waals surface area contributed by atoms with Gasteiger partial charge in [0.2, 0.25) is 0 Å².